The molecular formula is C15H21NO4. The van der Waals surface area contributed by atoms with Crippen LogP contribution < -0.4 is 4.74 Å². The Kier molecular flexibility index (Phi) is 6.56. The number of ether oxygens (including phenoxy) is 1. The molecule has 0 heterocycles. The van der Waals surface area contributed by atoms with Crippen LogP contribution in [0, 0.1) is 0 Å². The number of benzene rings is 1. The molecule has 0 saturated carbocycles. The van der Waals surface area contributed by atoms with E-state index in [0.717, 1.165) is 6.42 Å². The van der Waals surface area contributed by atoms with Crippen molar-refractivity contribution in [1.29, 1.82) is 0 Å². The van der Waals surface area contributed by atoms with Crippen molar-refractivity contribution in [3.8, 4) is 5.75 Å². The van der Waals surface area contributed by atoms with Crippen LogP contribution in [0.1, 0.15) is 38.3 Å². The van der Waals surface area contributed by atoms with Gasteiger partial charge >= 0.3 is 5.97 Å². The van der Waals surface area contributed by atoms with Gasteiger partial charge in [0, 0.05) is 6.54 Å². The van der Waals surface area contributed by atoms with Gasteiger partial charge in [-0.05, 0) is 30.5 Å². The number of carbonyl (C=O) groups excluding carboxylic acids is 1. The average molecular weight is 279 g/mol. The number of carboxylic acid groups (broad SMARTS) is 1. The molecule has 5 nitrogen and oxygen atoms in total. The summed E-state index contributed by atoms with van der Waals surface area (Å²) in [7, 11) is 0. The number of nitrogens with zero attached hydrogens (tertiary/aromatic N) is 1. The SMILES string of the molecule is CCCOc1ccc(C(C(=O)O)N(C=O)CCC)cc1. The Balaban J connectivity index is 2.91. The van der Waals surface area contributed by atoms with Crippen LogP contribution in [0.4, 0.5) is 0 Å². The predicted molar refractivity (Wildman–Crippen MR) is 75.7 cm³/mol. The van der Waals surface area contributed by atoms with Gasteiger partial charge in [-0.2, -0.15) is 0 Å². The Morgan fingerprint density at radius 2 is 1.95 bits per heavy atom. The summed E-state index contributed by atoms with van der Waals surface area (Å²) in [5.74, 6) is -0.333. The van der Waals surface area contributed by atoms with Gasteiger partial charge in [0.2, 0.25) is 6.41 Å². The molecule has 1 N–H and O–H groups in total. The molecule has 0 saturated heterocycles. The Morgan fingerprint density at radius 1 is 1.30 bits per heavy atom. The minimum absolute atomic E-state index is 0.411. The molecule has 0 radical (unpaired) electrons. The molecule has 1 atom stereocenters. The number of amides is 1. The fourth-order valence-corrected chi connectivity index (χ4v) is 1.94. The van der Waals surface area contributed by atoms with Crippen LogP contribution in [0.3, 0.4) is 0 Å². The average Bonchev–Trinajstić information content (AvgIpc) is 2.45. The monoisotopic (exact) mass is 279 g/mol. The van der Waals surface area contributed by atoms with E-state index in [2.05, 4.69) is 0 Å². The van der Waals surface area contributed by atoms with Gasteiger partial charge < -0.3 is 14.7 Å². The lowest BCUT2D eigenvalue weighted by Gasteiger charge is -2.25. The third kappa shape index (κ3) is 4.26. The Bertz CT molecular complexity index is 430. The van der Waals surface area contributed by atoms with Crippen molar-refractivity contribution >= 4 is 12.4 Å². The van der Waals surface area contributed by atoms with Crippen LogP contribution >= 0.6 is 0 Å². The van der Waals surface area contributed by atoms with Gasteiger partial charge in [-0.3, -0.25) is 4.79 Å². The molecule has 110 valence electrons. The minimum Gasteiger partial charge on any atom is -0.494 e. The van der Waals surface area contributed by atoms with Crippen molar-refractivity contribution in [1.82, 2.24) is 4.90 Å². The zero-order valence-electron chi connectivity index (χ0n) is 11.9. The highest BCUT2D eigenvalue weighted by atomic mass is 16.5. The molecule has 1 unspecified atom stereocenters. The lowest BCUT2D eigenvalue weighted by Crippen LogP contribution is -2.33. The van der Waals surface area contributed by atoms with E-state index in [1.165, 1.54) is 4.90 Å². The van der Waals surface area contributed by atoms with Gasteiger partial charge in [0.05, 0.1) is 6.61 Å². The number of hydrogen-bond donors (Lipinski definition) is 1. The molecule has 0 aliphatic rings. The van der Waals surface area contributed by atoms with E-state index in [-0.39, 0.29) is 0 Å². The molecule has 0 spiro atoms. The molecule has 0 fully saturated rings. The second-order valence-electron chi connectivity index (χ2n) is 4.50. The van der Waals surface area contributed by atoms with E-state index in [0.29, 0.717) is 37.3 Å². The van der Waals surface area contributed by atoms with Crippen LogP contribution in [0.2, 0.25) is 0 Å². The summed E-state index contributed by atoms with van der Waals surface area (Å²) < 4.78 is 5.45. The molecule has 0 aromatic heterocycles. The first kappa shape index (κ1) is 16.0. The standard InChI is InChI=1S/C15H21NO4/c1-3-9-16(11-17)14(15(18)19)12-5-7-13(8-6-12)20-10-4-2/h5-8,11,14H,3-4,9-10H2,1-2H3,(H,18,19). The first-order valence-corrected chi connectivity index (χ1v) is 6.80. The minimum atomic E-state index is -1.03. The predicted octanol–water partition coefficient (Wildman–Crippen LogP) is 2.47. The highest BCUT2D eigenvalue weighted by Crippen LogP contribution is 2.23. The maximum Gasteiger partial charge on any atom is 0.331 e. The fraction of sp³-hybridized carbons (Fsp3) is 0.467. The number of rotatable bonds is 9. The number of aliphatic carboxylic acids is 1. The van der Waals surface area contributed by atoms with Gasteiger partial charge in [-0.15, -0.1) is 0 Å². The third-order valence-electron chi connectivity index (χ3n) is 2.85. The van der Waals surface area contributed by atoms with Crippen molar-refractivity contribution in [2.75, 3.05) is 13.2 Å². The summed E-state index contributed by atoms with van der Waals surface area (Å²) in [5, 5.41) is 9.33. The number of carbonyl (C=O) groups is 2. The highest BCUT2D eigenvalue weighted by molar-refractivity contribution is 5.78. The van der Waals surface area contributed by atoms with Crippen LogP contribution in [-0.4, -0.2) is 35.5 Å². The van der Waals surface area contributed by atoms with E-state index >= 15 is 0 Å². The van der Waals surface area contributed by atoms with Gasteiger partial charge in [0.25, 0.3) is 0 Å². The van der Waals surface area contributed by atoms with Crippen molar-refractivity contribution in [2.45, 2.75) is 32.7 Å². The molecular weight excluding hydrogens is 258 g/mol. The van der Waals surface area contributed by atoms with E-state index < -0.39 is 12.0 Å². The van der Waals surface area contributed by atoms with Gasteiger partial charge in [0.1, 0.15) is 5.75 Å². The molecule has 5 heteroatoms. The zero-order valence-corrected chi connectivity index (χ0v) is 11.9. The zero-order chi connectivity index (χ0) is 15.0. The second kappa shape index (κ2) is 8.19. The molecule has 1 rings (SSSR count). The Labute approximate surface area is 119 Å². The molecule has 1 amide bonds. The normalized spacial score (nSPS) is 11.7. The van der Waals surface area contributed by atoms with Gasteiger partial charge in [-0.25, -0.2) is 4.79 Å². The van der Waals surface area contributed by atoms with Crippen LogP contribution in [-0.2, 0) is 9.59 Å². The van der Waals surface area contributed by atoms with Crippen LogP contribution in [0.25, 0.3) is 0 Å². The third-order valence-corrected chi connectivity index (χ3v) is 2.85. The quantitative estimate of drug-likeness (QED) is 0.705. The Hall–Kier alpha value is -2.04. The fourth-order valence-electron chi connectivity index (χ4n) is 1.94. The smallest absolute Gasteiger partial charge is 0.331 e. The lowest BCUT2D eigenvalue weighted by atomic mass is 10.1. The summed E-state index contributed by atoms with van der Waals surface area (Å²) >= 11 is 0. The van der Waals surface area contributed by atoms with Crippen molar-refractivity contribution in [2.24, 2.45) is 0 Å². The van der Waals surface area contributed by atoms with Crippen LogP contribution in [0.15, 0.2) is 24.3 Å². The summed E-state index contributed by atoms with van der Waals surface area (Å²) in [6.07, 6.45) is 2.21. The summed E-state index contributed by atoms with van der Waals surface area (Å²) in [6, 6.07) is 5.89. The highest BCUT2D eigenvalue weighted by Gasteiger charge is 2.25. The van der Waals surface area contributed by atoms with Crippen molar-refractivity contribution in [3.05, 3.63) is 29.8 Å². The second-order valence-corrected chi connectivity index (χ2v) is 4.50. The molecule has 0 aliphatic heterocycles. The van der Waals surface area contributed by atoms with Gasteiger partial charge in [-0.1, -0.05) is 26.0 Å². The summed E-state index contributed by atoms with van der Waals surface area (Å²) in [5.41, 5.74) is 0.571. The van der Waals surface area contributed by atoms with Gasteiger partial charge in [0.15, 0.2) is 6.04 Å². The first-order valence-electron chi connectivity index (χ1n) is 6.80. The molecule has 1 aromatic rings. The summed E-state index contributed by atoms with van der Waals surface area (Å²) in [4.78, 5) is 23.8. The molecule has 0 bridgehead atoms. The first-order chi connectivity index (χ1) is 9.63. The van der Waals surface area contributed by atoms with E-state index in [9.17, 15) is 14.7 Å². The van der Waals surface area contributed by atoms with Crippen molar-refractivity contribution in [3.63, 3.8) is 0 Å². The van der Waals surface area contributed by atoms with E-state index in [1.54, 1.807) is 24.3 Å². The van der Waals surface area contributed by atoms with Crippen LogP contribution in [0.5, 0.6) is 5.75 Å². The maximum absolute atomic E-state index is 11.4. The maximum atomic E-state index is 11.4. The lowest BCUT2D eigenvalue weighted by molar-refractivity contribution is -0.146. The van der Waals surface area contributed by atoms with E-state index in [1.807, 2.05) is 13.8 Å². The topological polar surface area (TPSA) is 66.8 Å². The Morgan fingerprint density at radius 3 is 2.40 bits per heavy atom. The van der Waals surface area contributed by atoms with Crippen molar-refractivity contribution < 1.29 is 19.4 Å². The van der Waals surface area contributed by atoms with E-state index in [4.69, 9.17) is 4.74 Å². The largest absolute Gasteiger partial charge is 0.494 e. The number of carboxylic acids is 1. The number of hydrogen-bond acceptors (Lipinski definition) is 3. The summed E-state index contributed by atoms with van der Waals surface area (Å²) in [6.45, 7) is 4.95. The molecule has 1 aromatic carbocycles. The molecule has 20 heavy (non-hydrogen) atoms. The molecule has 0 aliphatic carbocycles.